The SMILES string of the molecule is Cc1cc(C2CCCN2Cc2ccc(OC(C)C)cc2)on1. The molecule has 1 aliphatic rings. The van der Waals surface area contributed by atoms with Gasteiger partial charge in [0.2, 0.25) is 0 Å². The minimum Gasteiger partial charge on any atom is -0.491 e. The van der Waals surface area contributed by atoms with Gasteiger partial charge in [0, 0.05) is 12.6 Å². The van der Waals surface area contributed by atoms with E-state index in [2.05, 4.69) is 40.4 Å². The van der Waals surface area contributed by atoms with Gasteiger partial charge < -0.3 is 9.26 Å². The van der Waals surface area contributed by atoms with Gasteiger partial charge in [-0.25, -0.2) is 0 Å². The Morgan fingerprint density at radius 1 is 1.32 bits per heavy atom. The Labute approximate surface area is 132 Å². The highest BCUT2D eigenvalue weighted by Gasteiger charge is 2.28. The lowest BCUT2D eigenvalue weighted by Crippen LogP contribution is -2.22. The van der Waals surface area contributed by atoms with Crippen LogP contribution in [0.1, 0.15) is 49.7 Å². The first-order valence-corrected chi connectivity index (χ1v) is 8.04. The van der Waals surface area contributed by atoms with Crippen molar-refractivity contribution in [3.63, 3.8) is 0 Å². The zero-order valence-corrected chi connectivity index (χ0v) is 13.6. The monoisotopic (exact) mass is 300 g/mol. The Hall–Kier alpha value is -1.81. The van der Waals surface area contributed by atoms with Crippen LogP contribution in [-0.4, -0.2) is 22.7 Å². The molecule has 1 atom stereocenters. The Bertz CT molecular complexity index is 604. The highest BCUT2D eigenvalue weighted by molar-refractivity contribution is 5.27. The van der Waals surface area contributed by atoms with E-state index in [-0.39, 0.29) is 6.10 Å². The van der Waals surface area contributed by atoms with E-state index in [1.54, 1.807) is 0 Å². The molecule has 0 saturated carbocycles. The average Bonchev–Trinajstić information content (AvgIpc) is 3.09. The number of nitrogens with zero attached hydrogens (tertiary/aromatic N) is 2. The number of ether oxygens (including phenoxy) is 1. The van der Waals surface area contributed by atoms with Crippen molar-refractivity contribution in [1.29, 1.82) is 0 Å². The molecule has 1 saturated heterocycles. The molecule has 0 amide bonds. The first-order valence-electron chi connectivity index (χ1n) is 8.04. The van der Waals surface area contributed by atoms with Crippen molar-refractivity contribution in [1.82, 2.24) is 10.1 Å². The Balaban J connectivity index is 1.66. The van der Waals surface area contributed by atoms with Crippen molar-refractivity contribution < 1.29 is 9.26 Å². The molecule has 1 aromatic heterocycles. The van der Waals surface area contributed by atoms with Crippen LogP contribution in [-0.2, 0) is 6.54 Å². The molecule has 4 heteroatoms. The summed E-state index contributed by atoms with van der Waals surface area (Å²) in [5.74, 6) is 1.93. The average molecular weight is 300 g/mol. The maximum Gasteiger partial charge on any atom is 0.154 e. The first-order chi connectivity index (χ1) is 10.6. The highest BCUT2D eigenvalue weighted by atomic mass is 16.5. The van der Waals surface area contributed by atoms with Gasteiger partial charge in [0.1, 0.15) is 5.75 Å². The van der Waals surface area contributed by atoms with Gasteiger partial charge in [0.15, 0.2) is 5.76 Å². The summed E-state index contributed by atoms with van der Waals surface area (Å²) >= 11 is 0. The van der Waals surface area contributed by atoms with Crippen LogP contribution in [0.5, 0.6) is 5.75 Å². The van der Waals surface area contributed by atoms with Crippen molar-refractivity contribution >= 4 is 0 Å². The van der Waals surface area contributed by atoms with Crippen LogP contribution >= 0.6 is 0 Å². The minimum absolute atomic E-state index is 0.212. The molecule has 118 valence electrons. The fraction of sp³-hybridized carbons (Fsp3) is 0.500. The summed E-state index contributed by atoms with van der Waals surface area (Å²) in [5.41, 5.74) is 2.26. The van der Waals surface area contributed by atoms with Crippen LogP contribution in [0.3, 0.4) is 0 Å². The Morgan fingerprint density at radius 2 is 2.09 bits per heavy atom. The third kappa shape index (κ3) is 3.50. The molecule has 1 aromatic carbocycles. The van der Waals surface area contributed by atoms with E-state index in [4.69, 9.17) is 9.26 Å². The zero-order chi connectivity index (χ0) is 15.5. The third-order valence-corrected chi connectivity index (χ3v) is 4.02. The summed E-state index contributed by atoms with van der Waals surface area (Å²) in [4.78, 5) is 2.47. The molecule has 0 bridgehead atoms. The molecule has 22 heavy (non-hydrogen) atoms. The lowest BCUT2D eigenvalue weighted by Gasteiger charge is -2.22. The van der Waals surface area contributed by atoms with Crippen LogP contribution < -0.4 is 4.74 Å². The fourth-order valence-corrected chi connectivity index (χ4v) is 3.06. The molecule has 4 nitrogen and oxygen atoms in total. The summed E-state index contributed by atoms with van der Waals surface area (Å²) in [7, 11) is 0. The van der Waals surface area contributed by atoms with Gasteiger partial charge in [-0.1, -0.05) is 17.3 Å². The number of benzene rings is 1. The van der Waals surface area contributed by atoms with Gasteiger partial charge in [0.25, 0.3) is 0 Å². The molecular formula is C18H24N2O2. The van der Waals surface area contributed by atoms with Gasteiger partial charge in [-0.05, 0) is 57.9 Å². The van der Waals surface area contributed by atoms with E-state index in [0.717, 1.165) is 36.7 Å². The van der Waals surface area contributed by atoms with E-state index in [0.29, 0.717) is 6.04 Å². The van der Waals surface area contributed by atoms with E-state index in [1.807, 2.05) is 20.8 Å². The number of rotatable bonds is 5. The molecule has 1 aliphatic heterocycles. The quantitative estimate of drug-likeness (QED) is 0.833. The lowest BCUT2D eigenvalue weighted by atomic mass is 10.1. The maximum absolute atomic E-state index is 5.70. The lowest BCUT2D eigenvalue weighted by molar-refractivity contribution is 0.206. The Morgan fingerprint density at radius 3 is 2.73 bits per heavy atom. The van der Waals surface area contributed by atoms with Crippen LogP contribution in [0.15, 0.2) is 34.9 Å². The highest BCUT2D eigenvalue weighted by Crippen LogP contribution is 2.33. The second kappa shape index (κ2) is 6.53. The standard InChI is InChI=1S/C18H24N2O2/c1-13(2)21-16-8-6-15(7-9-16)12-20-10-4-5-17(20)18-11-14(3)19-22-18/h6-9,11,13,17H,4-5,10,12H2,1-3H3. The van der Waals surface area contributed by atoms with E-state index >= 15 is 0 Å². The third-order valence-electron chi connectivity index (χ3n) is 4.02. The molecule has 1 fully saturated rings. The minimum atomic E-state index is 0.212. The maximum atomic E-state index is 5.70. The predicted octanol–water partition coefficient (Wildman–Crippen LogP) is 4.11. The number of likely N-dealkylation sites (tertiary alicyclic amines) is 1. The van der Waals surface area contributed by atoms with Crippen LogP contribution in [0.25, 0.3) is 0 Å². The summed E-state index contributed by atoms with van der Waals surface area (Å²) < 4.78 is 11.2. The van der Waals surface area contributed by atoms with Crippen LogP contribution in [0.4, 0.5) is 0 Å². The van der Waals surface area contributed by atoms with E-state index in [9.17, 15) is 0 Å². The van der Waals surface area contributed by atoms with Crippen LogP contribution in [0, 0.1) is 6.92 Å². The summed E-state index contributed by atoms with van der Waals surface area (Å²) in [6.07, 6.45) is 2.56. The predicted molar refractivity (Wildman–Crippen MR) is 85.8 cm³/mol. The number of hydrogen-bond acceptors (Lipinski definition) is 4. The largest absolute Gasteiger partial charge is 0.491 e. The first kappa shape index (κ1) is 15.1. The molecule has 1 unspecified atom stereocenters. The molecular weight excluding hydrogens is 276 g/mol. The zero-order valence-electron chi connectivity index (χ0n) is 13.6. The van der Waals surface area contributed by atoms with Crippen molar-refractivity contribution in [3.05, 3.63) is 47.3 Å². The second-order valence-corrected chi connectivity index (χ2v) is 6.31. The van der Waals surface area contributed by atoms with Crippen molar-refractivity contribution in [2.75, 3.05) is 6.54 Å². The van der Waals surface area contributed by atoms with Gasteiger partial charge in [-0.15, -0.1) is 0 Å². The van der Waals surface area contributed by atoms with E-state index in [1.165, 1.54) is 12.0 Å². The molecule has 2 heterocycles. The van der Waals surface area contributed by atoms with Gasteiger partial charge in [0.05, 0.1) is 17.8 Å². The summed E-state index contributed by atoms with van der Waals surface area (Å²) in [6, 6.07) is 10.8. The van der Waals surface area contributed by atoms with Crippen LogP contribution in [0.2, 0.25) is 0 Å². The molecule has 3 rings (SSSR count). The normalized spacial score (nSPS) is 19.0. The summed E-state index contributed by atoms with van der Waals surface area (Å²) in [6.45, 7) is 8.10. The van der Waals surface area contributed by atoms with E-state index < -0.39 is 0 Å². The molecule has 0 aliphatic carbocycles. The smallest absolute Gasteiger partial charge is 0.154 e. The molecule has 2 aromatic rings. The number of aromatic nitrogens is 1. The molecule has 0 spiro atoms. The topological polar surface area (TPSA) is 38.5 Å². The number of hydrogen-bond donors (Lipinski definition) is 0. The summed E-state index contributed by atoms with van der Waals surface area (Å²) in [5, 5.41) is 4.02. The molecule has 0 N–H and O–H groups in total. The van der Waals surface area contributed by atoms with Gasteiger partial charge >= 0.3 is 0 Å². The van der Waals surface area contributed by atoms with Crippen molar-refractivity contribution in [3.8, 4) is 5.75 Å². The Kier molecular flexibility index (Phi) is 4.48. The molecule has 0 radical (unpaired) electrons. The fourth-order valence-electron chi connectivity index (χ4n) is 3.06. The van der Waals surface area contributed by atoms with Crippen molar-refractivity contribution in [2.45, 2.75) is 52.3 Å². The number of aryl methyl sites for hydroxylation is 1. The van der Waals surface area contributed by atoms with Gasteiger partial charge in [-0.2, -0.15) is 0 Å². The van der Waals surface area contributed by atoms with Gasteiger partial charge in [-0.3, -0.25) is 4.90 Å². The van der Waals surface area contributed by atoms with Crippen molar-refractivity contribution in [2.24, 2.45) is 0 Å². The second-order valence-electron chi connectivity index (χ2n) is 6.31.